The first kappa shape index (κ1) is 45.0. The molecule has 0 radical (unpaired) electrons. The highest BCUT2D eigenvalue weighted by Crippen LogP contribution is 2.43. The fraction of sp³-hybridized carbons (Fsp3) is 0.388. The van der Waals surface area contributed by atoms with Crippen molar-refractivity contribution in [2.45, 2.75) is 68.6 Å². The molecule has 5 aliphatic rings. The van der Waals surface area contributed by atoms with Crippen LogP contribution in [0.1, 0.15) is 77.2 Å². The van der Waals surface area contributed by atoms with E-state index in [0.29, 0.717) is 83.8 Å². The van der Waals surface area contributed by atoms with Crippen LogP contribution >= 0.6 is 0 Å². The van der Waals surface area contributed by atoms with E-state index in [0.717, 1.165) is 5.56 Å². The number of nitrogens with one attached hydrogen (secondary N) is 4. The van der Waals surface area contributed by atoms with Crippen molar-refractivity contribution in [1.29, 1.82) is 0 Å². The van der Waals surface area contributed by atoms with Crippen molar-refractivity contribution < 1.29 is 37.1 Å². The smallest absolute Gasteiger partial charge is 0.329 e. The molecule has 0 aliphatic carbocycles. The number of hydrogen-bond acceptors (Lipinski definition) is 10. The Morgan fingerprint density at radius 1 is 0.882 bits per heavy atom. The number of likely N-dealkylation sites (tertiary alicyclic amines) is 2. The molecule has 4 fully saturated rings. The minimum atomic E-state index is -3.10. The summed E-state index contributed by atoms with van der Waals surface area (Å²) in [5.41, 5.74) is 7.74. The van der Waals surface area contributed by atoms with Crippen LogP contribution in [0.25, 0.3) is 22.2 Å². The van der Waals surface area contributed by atoms with E-state index in [1.165, 1.54) is 22.2 Å². The highest BCUT2D eigenvalue weighted by Gasteiger charge is 2.50. The van der Waals surface area contributed by atoms with Gasteiger partial charge in [-0.05, 0) is 90.6 Å². The number of halogens is 3. The van der Waals surface area contributed by atoms with Gasteiger partial charge in [0, 0.05) is 101 Å². The van der Waals surface area contributed by atoms with Crippen molar-refractivity contribution in [3.05, 3.63) is 111 Å². The van der Waals surface area contributed by atoms with Crippen LogP contribution in [0, 0.1) is 5.82 Å². The first-order valence-corrected chi connectivity index (χ1v) is 22.9. The van der Waals surface area contributed by atoms with Crippen molar-refractivity contribution in [2.24, 2.45) is 7.05 Å². The third-order valence-electron chi connectivity index (χ3n) is 14.3. The van der Waals surface area contributed by atoms with Gasteiger partial charge in [0.15, 0.2) is 0 Å². The summed E-state index contributed by atoms with van der Waals surface area (Å²) >= 11 is 0. The molecule has 5 aliphatic heterocycles. The highest BCUT2D eigenvalue weighted by molar-refractivity contribution is 6.01. The zero-order chi connectivity index (χ0) is 47.8. The number of rotatable bonds is 10. The lowest BCUT2D eigenvalue weighted by Gasteiger charge is -2.50. The Morgan fingerprint density at radius 3 is 2.41 bits per heavy atom. The molecule has 68 heavy (non-hydrogen) atoms. The minimum absolute atomic E-state index is 0.0492. The minimum Gasteiger partial charge on any atom is -0.355 e. The van der Waals surface area contributed by atoms with Crippen LogP contribution in [0.15, 0.2) is 77.6 Å². The van der Waals surface area contributed by atoms with E-state index < -0.39 is 48.2 Å². The van der Waals surface area contributed by atoms with Crippen LogP contribution in [0.3, 0.4) is 0 Å². The number of hydrogen-bond donors (Lipinski definition) is 4. The summed E-state index contributed by atoms with van der Waals surface area (Å²) in [6.07, 6.45) is 1.59. The second-order valence-corrected chi connectivity index (χ2v) is 18.5. The van der Waals surface area contributed by atoms with Crippen molar-refractivity contribution in [1.82, 2.24) is 35.0 Å². The zero-order valence-corrected chi connectivity index (χ0v) is 37.8. The van der Waals surface area contributed by atoms with Gasteiger partial charge in [0.05, 0.1) is 29.3 Å². The number of hydrazine groups is 1. The van der Waals surface area contributed by atoms with Crippen LogP contribution in [-0.2, 0) is 32.8 Å². The normalized spacial score (nSPS) is 22.1. The number of aromatic nitrogens is 2. The molecule has 4 aromatic carbocycles. The molecule has 354 valence electrons. The summed E-state index contributed by atoms with van der Waals surface area (Å²) in [4.78, 5) is 81.9. The van der Waals surface area contributed by atoms with Crippen LogP contribution in [-0.4, -0.2) is 107 Å². The maximum Gasteiger partial charge on any atom is 0.329 e. The molecule has 10 rings (SSSR count). The van der Waals surface area contributed by atoms with Crippen LogP contribution in [0.4, 0.5) is 30.2 Å². The second kappa shape index (κ2) is 17.4. The maximum absolute atomic E-state index is 17.2. The van der Waals surface area contributed by atoms with E-state index in [4.69, 9.17) is 0 Å². The number of carbonyl (C=O) groups is 5. The topological polar surface area (TPSA) is 173 Å². The molecule has 4 N–H and O–H groups in total. The monoisotopic (exact) mass is 932 g/mol. The molecule has 3 unspecified atom stereocenters. The molecular formula is C49H51F3N10O6. The van der Waals surface area contributed by atoms with Gasteiger partial charge in [0.2, 0.25) is 23.6 Å². The summed E-state index contributed by atoms with van der Waals surface area (Å²) in [6.45, 7) is 1.14. The number of anilines is 3. The summed E-state index contributed by atoms with van der Waals surface area (Å²) in [5, 5.41) is 9.23. The lowest BCUT2D eigenvalue weighted by atomic mass is 9.86. The van der Waals surface area contributed by atoms with Crippen molar-refractivity contribution in [3.8, 4) is 11.1 Å². The van der Waals surface area contributed by atoms with Crippen LogP contribution in [0.5, 0.6) is 0 Å². The van der Waals surface area contributed by atoms with Crippen LogP contribution in [0.2, 0.25) is 0 Å². The van der Waals surface area contributed by atoms with Crippen molar-refractivity contribution in [2.75, 3.05) is 62.0 Å². The summed E-state index contributed by atoms with van der Waals surface area (Å²) < 4.78 is 52.9. The van der Waals surface area contributed by atoms with Gasteiger partial charge in [0.25, 0.3) is 11.8 Å². The Balaban J connectivity index is 0.868. The predicted molar refractivity (Wildman–Crippen MR) is 248 cm³/mol. The van der Waals surface area contributed by atoms with E-state index >= 15 is 13.2 Å². The van der Waals surface area contributed by atoms with Gasteiger partial charge in [-0.25, -0.2) is 23.4 Å². The molecule has 3 atom stereocenters. The Kier molecular flexibility index (Phi) is 11.5. The second-order valence-electron chi connectivity index (χ2n) is 18.5. The number of piperidine rings is 2. The number of alkyl halides is 2. The van der Waals surface area contributed by atoms with Gasteiger partial charge in [0.1, 0.15) is 17.9 Å². The molecule has 0 bridgehead atoms. The number of aryl methyl sites for hydroxylation is 1. The molecule has 16 nitrogen and oxygen atoms in total. The molecule has 6 heterocycles. The lowest BCUT2D eigenvalue weighted by molar-refractivity contribution is -0.144. The number of nitrogens with zero attached hydrogens (tertiary/aromatic N) is 6. The Bertz CT molecular complexity index is 2980. The fourth-order valence-corrected chi connectivity index (χ4v) is 10.7. The third-order valence-corrected chi connectivity index (χ3v) is 14.3. The maximum atomic E-state index is 17.2. The van der Waals surface area contributed by atoms with Gasteiger partial charge in [-0.3, -0.25) is 48.2 Å². The average molecular weight is 933 g/mol. The number of imide groups is 1. The molecule has 0 saturated carbocycles. The van der Waals surface area contributed by atoms with E-state index in [1.54, 1.807) is 88.4 Å². The fourth-order valence-electron chi connectivity index (χ4n) is 10.7. The van der Waals surface area contributed by atoms with E-state index in [1.807, 2.05) is 12.1 Å². The first-order valence-electron chi connectivity index (χ1n) is 22.9. The summed E-state index contributed by atoms with van der Waals surface area (Å²) in [6, 6.07) is 17.5. The molecule has 5 amide bonds. The van der Waals surface area contributed by atoms with Gasteiger partial charge in [-0.15, -0.1) is 0 Å². The third kappa shape index (κ3) is 7.90. The Hall–Kier alpha value is -6.83. The summed E-state index contributed by atoms with van der Waals surface area (Å²) in [5.74, 6) is -5.65. The molecule has 4 saturated heterocycles. The van der Waals surface area contributed by atoms with Crippen LogP contribution < -0.4 is 37.0 Å². The average Bonchev–Trinajstić information content (AvgIpc) is 3.96. The number of imidazole rings is 1. The van der Waals surface area contributed by atoms with E-state index in [-0.39, 0.29) is 66.3 Å². The molecular weight excluding hydrogens is 882 g/mol. The Morgan fingerprint density at radius 2 is 1.68 bits per heavy atom. The zero-order valence-electron chi connectivity index (χ0n) is 37.8. The number of fused-ring (bicyclic) bond motifs is 2. The van der Waals surface area contributed by atoms with E-state index in [9.17, 15) is 28.8 Å². The van der Waals surface area contributed by atoms with Gasteiger partial charge < -0.3 is 20.5 Å². The molecule has 1 aromatic heterocycles. The van der Waals surface area contributed by atoms with Gasteiger partial charge in [-0.1, -0.05) is 18.2 Å². The first-order chi connectivity index (χ1) is 32.6. The number of benzene rings is 4. The van der Waals surface area contributed by atoms with Crippen molar-refractivity contribution >= 4 is 57.6 Å². The highest BCUT2D eigenvalue weighted by atomic mass is 19.3. The Labute approximate surface area is 389 Å². The molecule has 0 spiro atoms. The SMILES string of the molecule is CNC(=O)c1cccc(NC(=O)C2NN(C)c3ccc(-c4ccc(N5CCCC5=O)cc4CN4CCC(N5CC(c6ccc7c(c6)n(C)c(=O)n7C6CCC(=O)NC6=O)C5)C(F)(F)C4)c(F)c32)c1. The molecule has 5 aromatic rings. The lowest BCUT2D eigenvalue weighted by Crippen LogP contribution is -2.63. The van der Waals surface area contributed by atoms with E-state index in [2.05, 4.69) is 21.4 Å². The number of amides is 5. The molecule has 19 heteroatoms. The number of carbonyl (C=O) groups excluding carboxylic acids is 5. The van der Waals surface area contributed by atoms with Gasteiger partial charge in [-0.2, -0.15) is 0 Å². The summed E-state index contributed by atoms with van der Waals surface area (Å²) in [7, 11) is 4.80. The standard InChI is InChI=1S/C49H51F3N10O6/c1-53-45(65)28-6-4-7-31(20-28)54-47(67)44-42-36(58(3)56-44)14-12-34(43(42)50)33-11-10-32(61-18-5-8-41(61)64)21-29(33)23-59-19-17-39(49(51,52)26-59)60-24-30(25-60)27-9-13-35-38(22-27)57(2)48(68)62(35)37-15-16-40(63)55-46(37)66/h4,6-7,9-14,20-22,30,37,39,44,56H,5,8,15-19,23-26H2,1-3H3,(H,53,65)(H,54,67)(H,55,63,66). The quantitative estimate of drug-likeness (QED) is 0.146. The van der Waals surface area contributed by atoms with Gasteiger partial charge >= 0.3 is 5.69 Å². The predicted octanol–water partition coefficient (Wildman–Crippen LogP) is 4.55. The largest absolute Gasteiger partial charge is 0.355 e. The van der Waals surface area contributed by atoms with Crippen molar-refractivity contribution in [3.63, 3.8) is 0 Å².